The molecule has 110 valence electrons. The van der Waals surface area contributed by atoms with Gasteiger partial charge in [-0.2, -0.15) is 0 Å². The second-order valence-electron chi connectivity index (χ2n) is 4.20. The Morgan fingerprint density at radius 2 is 1.95 bits per heavy atom. The molecule has 0 saturated heterocycles. The first kappa shape index (κ1) is 15.5. The highest BCUT2D eigenvalue weighted by Crippen LogP contribution is 2.22. The third-order valence-electron chi connectivity index (χ3n) is 2.76. The third-order valence-corrected chi connectivity index (χ3v) is 4.68. The van der Waals surface area contributed by atoms with Crippen molar-refractivity contribution >= 4 is 39.3 Å². The van der Waals surface area contributed by atoms with E-state index in [2.05, 4.69) is 26.6 Å². The van der Waals surface area contributed by atoms with Gasteiger partial charge in [0.15, 0.2) is 6.04 Å². The molecular weight excluding hydrogens is 356 g/mol. The van der Waals surface area contributed by atoms with Crippen molar-refractivity contribution in [2.75, 3.05) is 0 Å². The molecule has 1 atom stereocenters. The molecule has 21 heavy (non-hydrogen) atoms. The number of aliphatic carboxylic acids is 1. The zero-order valence-corrected chi connectivity index (χ0v) is 13.3. The van der Waals surface area contributed by atoms with Crippen molar-refractivity contribution in [2.24, 2.45) is 0 Å². The van der Waals surface area contributed by atoms with Gasteiger partial charge in [-0.15, -0.1) is 11.3 Å². The lowest BCUT2D eigenvalue weighted by molar-refractivity contribution is -0.139. The Bertz CT molecular complexity index is 630. The van der Waals surface area contributed by atoms with Crippen LogP contribution in [0.2, 0.25) is 0 Å². The Labute approximate surface area is 134 Å². The first-order valence-electron chi connectivity index (χ1n) is 6.12. The van der Waals surface area contributed by atoms with Crippen LogP contribution in [0, 0.1) is 0 Å². The Hall–Kier alpha value is -1.86. The molecule has 1 aromatic heterocycles. The van der Waals surface area contributed by atoms with Crippen LogP contribution in [0.1, 0.15) is 16.5 Å². The van der Waals surface area contributed by atoms with Crippen molar-refractivity contribution in [3.63, 3.8) is 0 Å². The molecule has 0 aliphatic carbocycles. The van der Waals surface area contributed by atoms with Crippen molar-refractivity contribution in [2.45, 2.75) is 12.6 Å². The number of carbonyl (C=O) groups is 2. The highest BCUT2D eigenvalue weighted by atomic mass is 79.9. The fourth-order valence-corrected chi connectivity index (χ4v) is 3.16. The predicted octanol–water partition coefficient (Wildman–Crippen LogP) is 3.14. The number of rotatable bonds is 5. The minimum absolute atomic E-state index is 0.339. The van der Waals surface area contributed by atoms with Gasteiger partial charge in [-0.05, 0) is 32.9 Å². The van der Waals surface area contributed by atoms with Gasteiger partial charge in [0.1, 0.15) is 0 Å². The predicted molar refractivity (Wildman–Crippen MR) is 84.2 cm³/mol. The highest BCUT2D eigenvalue weighted by Gasteiger charge is 2.21. The molecule has 7 heteroatoms. The normalized spacial score (nSPS) is 11.7. The molecule has 0 bridgehead atoms. The van der Waals surface area contributed by atoms with Crippen LogP contribution in [-0.4, -0.2) is 17.1 Å². The second-order valence-corrected chi connectivity index (χ2v) is 6.06. The first-order chi connectivity index (χ1) is 10.1. The van der Waals surface area contributed by atoms with Gasteiger partial charge < -0.3 is 15.7 Å². The second kappa shape index (κ2) is 7.24. The van der Waals surface area contributed by atoms with Crippen molar-refractivity contribution in [3.05, 3.63) is 56.7 Å². The topological polar surface area (TPSA) is 78.4 Å². The number of hydrogen-bond acceptors (Lipinski definition) is 3. The average Bonchev–Trinajstić information content (AvgIpc) is 2.88. The Morgan fingerprint density at radius 1 is 1.24 bits per heavy atom. The summed E-state index contributed by atoms with van der Waals surface area (Å²) in [4.78, 5) is 24.1. The van der Waals surface area contributed by atoms with Gasteiger partial charge in [-0.25, -0.2) is 9.59 Å². The van der Waals surface area contributed by atoms with Crippen LogP contribution in [0.3, 0.4) is 0 Å². The van der Waals surface area contributed by atoms with Gasteiger partial charge >= 0.3 is 12.0 Å². The summed E-state index contributed by atoms with van der Waals surface area (Å²) in [6.07, 6.45) is 0. The average molecular weight is 369 g/mol. The van der Waals surface area contributed by atoms with Gasteiger partial charge in [-0.1, -0.05) is 30.3 Å². The lowest BCUT2D eigenvalue weighted by Gasteiger charge is -2.15. The lowest BCUT2D eigenvalue weighted by Crippen LogP contribution is -2.40. The Balaban J connectivity index is 1.96. The number of carbonyl (C=O) groups excluding carboxylic acids is 1. The summed E-state index contributed by atoms with van der Waals surface area (Å²) < 4.78 is 0.922. The van der Waals surface area contributed by atoms with Gasteiger partial charge in [-0.3, -0.25) is 0 Å². The molecule has 0 saturated carbocycles. The van der Waals surface area contributed by atoms with E-state index in [0.29, 0.717) is 12.1 Å². The van der Waals surface area contributed by atoms with Crippen molar-refractivity contribution < 1.29 is 14.7 Å². The van der Waals surface area contributed by atoms with Crippen LogP contribution < -0.4 is 10.6 Å². The molecule has 5 nitrogen and oxygen atoms in total. The molecule has 2 amide bonds. The summed E-state index contributed by atoms with van der Waals surface area (Å²) in [7, 11) is 0. The molecule has 2 aromatic rings. The summed E-state index contributed by atoms with van der Waals surface area (Å²) in [5.74, 6) is -1.10. The minimum atomic E-state index is -1.10. The number of thiophene rings is 1. The zero-order valence-electron chi connectivity index (χ0n) is 10.9. The number of carboxylic acid groups (broad SMARTS) is 1. The fraction of sp³-hybridized carbons (Fsp3) is 0.143. The summed E-state index contributed by atoms with van der Waals surface area (Å²) >= 11 is 4.88. The summed E-state index contributed by atoms with van der Waals surface area (Å²) in [5, 5.41) is 16.2. The van der Waals surface area contributed by atoms with Crippen LogP contribution in [-0.2, 0) is 11.3 Å². The van der Waals surface area contributed by atoms with E-state index >= 15 is 0 Å². The number of amides is 2. The molecule has 0 aliphatic heterocycles. The SMILES string of the molecule is O=C(NCc1sccc1Br)N[C@@H](C(=O)O)c1ccccc1. The van der Waals surface area contributed by atoms with Crippen molar-refractivity contribution in [1.82, 2.24) is 10.6 Å². The molecule has 1 heterocycles. The molecule has 1 aromatic carbocycles. The van der Waals surface area contributed by atoms with E-state index in [4.69, 9.17) is 0 Å². The maximum atomic E-state index is 11.8. The molecule has 0 radical (unpaired) electrons. The van der Waals surface area contributed by atoms with Crippen LogP contribution in [0.5, 0.6) is 0 Å². The van der Waals surface area contributed by atoms with Crippen LogP contribution in [0.15, 0.2) is 46.3 Å². The largest absolute Gasteiger partial charge is 0.479 e. The number of halogens is 1. The third kappa shape index (κ3) is 4.30. The fourth-order valence-electron chi connectivity index (χ4n) is 1.73. The molecule has 2 rings (SSSR count). The van der Waals surface area contributed by atoms with E-state index in [-0.39, 0.29) is 0 Å². The van der Waals surface area contributed by atoms with Crippen LogP contribution >= 0.6 is 27.3 Å². The van der Waals surface area contributed by atoms with E-state index in [1.807, 2.05) is 11.4 Å². The Morgan fingerprint density at radius 3 is 2.52 bits per heavy atom. The molecule has 0 spiro atoms. The van der Waals surface area contributed by atoms with Gasteiger partial charge in [0.25, 0.3) is 0 Å². The van der Waals surface area contributed by atoms with E-state index < -0.39 is 18.0 Å². The van der Waals surface area contributed by atoms with E-state index in [1.54, 1.807) is 30.3 Å². The number of nitrogens with one attached hydrogen (secondary N) is 2. The minimum Gasteiger partial charge on any atom is -0.479 e. The van der Waals surface area contributed by atoms with Crippen LogP contribution in [0.4, 0.5) is 4.79 Å². The summed E-state index contributed by atoms with van der Waals surface area (Å²) in [6, 6.07) is 8.87. The molecular formula is C14H13BrN2O3S. The smallest absolute Gasteiger partial charge is 0.330 e. The Kier molecular flexibility index (Phi) is 5.35. The summed E-state index contributed by atoms with van der Waals surface area (Å²) in [5.41, 5.74) is 0.525. The molecule has 0 unspecified atom stereocenters. The van der Waals surface area contributed by atoms with Crippen molar-refractivity contribution in [3.8, 4) is 0 Å². The number of hydrogen-bond donors (Lipinski definition) is 3. The van der Waals surface area contributed by atoms with Gasteiger partial charge in [0.2, 0.25) is 0 Å². The lowest BCUT2D eigenvalue weighted by atomic mass is 10.1. The summed E-state index contributed by atoms with van der Waals surface area (Å²) in [6.45, 7) is 0.339. The van der Waals surface area contributed by atoms with E-state index in [1.165, 1.54) is 11.3 Å². The molecule has 0 aliphatic rings. The van der Waals surface area contributed by atoms with E-state index in [0.717, 1.165) is 9.35 Å². The highest BCUT2D eigenvalue weighted by molar-refractivity contribution is 9.10. The van der Waals surface area contributed by atoms with Crippen molar-refractivity contribution in [1.29, 1.82) is 0 Å². The zero-order chi connectivity index (χ0) is 15.2. The molecule has 0 fully saturated rings. The number of urea groups is 1. The number of carboxylic acids is 1. The van der Waals surface area contributed by atoms with Gasteiger partial charge in [0, 0.05) is 9.35 Å². The van der Waals surface area contributed by atoms with Gasteiger partial charge in [0.05, 0.1) is 6.54 Å². The monoisotopic (exact) mass is 368 g/mol. The standard InChI is InChI=1S/C14H13BrN2O3S/c15-10-6-7-21-11(10)8-16-14(20)17-12(13(18)19)9-4-2-1-3-5-9/h1-7,12H,8H2,(H,18,19)(H2,16,17,20)/t12-/m1/s1. The quantitative estimate of drug-likeness (QED) is 0.758. The number of benzene rings is 1. The first-order valence-corrected chi connectivity index (χ1v) is 7.79. The van der Waals surface area contributed by atoms with E-state index in [9.17, 15) is 14.7 Å². The maximum Gasteiger partial charge on any atom is 0.330 e. The van der Waals surface area contributed by atoms with Crippen LogP contribution in [0.25, 0.3) is 0 Å². The molecule has 3 N–H and O–H groups in total. The maximum absolute atomic E-state index is 11.8.